The van der Waals surface area contributed by atoms with Gasteiger partial charge in [-0.25, -0.2) is 4.98 Å². The van der Waals surface area contributed by atoms with Gasteiger partial charge in [-0.3, -0.25) is 4.98 Å². The highest BCUT2D eigenvalue weighted by Crippen LogP contribution is 2.32. The summed E-state index contributed by atoms with van der Waals surface area (Å²) >= 11 is 0. The SMILES string of the molecule is N#Cc1ccc(-c2nc(C(Cc3cccnc3N3CCCCC3)c3cccnc3)no2)cc1. The van der Waals surface area contributed by atoms with Gasteiger partial charge in [-0.05, 0) is 73.2 Å². The molecule has 0 aliphatic carbocycles. The Bertz CT molecular complexity index is 1240. The number of benzene rings is 1. The largest absolute Gasteiger partial charge is 0.356 e. The molecular formula is C26H24N6O. The molecule has 4 heterocycles. The molecule has 1 aromatic carbocycles. The minimum Gasteiger partial charge on any atom is -0.356 e. The quantitative estimate of drug-likeness (QED) is 0.430. The summed E-state index contributed by atoms with van der Waals surface area (Å²) in [5.41, 5.74) is 3.57. The van der Waals surface area contributed by atoms with Crippen LogP contribution >= 0.6 is 0 Å². The molecule has 5 rings (SSSR count). The van der Waals surface area contributed by atoms with E-state index >= 15 is 0 Å². The fourth-order valence-corrected chi connectivity index (χ4v) is 4.32. The second-order valence-corrected chi connectivity index (χ2v) is 8.22. The van der Waals surface area contributed by atoms with Gasteiger partial charge in [0.2, 0.25) is 0 Å². The zero-order valence-corrected chi connectivity index (χ0v) is 18.3. The Morgan fingerprint density at radius 1 is 1.00 bits per heavy atom. The maximum atomic E-state index is 9.04. The summed E-state index contributed by atoms with van der Waals surface area (Å²) in [5.74, 6) is 1.96. The molecule has 0 bridgehead atoms. The highest BCUT2D eigenvalue weighted by Gasteiger charge is 2.25. The lowest BCUT2D eigenvalue weighted by molar-refractivity contribution is 0.419. The van der Waals surface area contributed by atoms with Crippen molar-refractivity contribution in [2.45, 2.75) is 31.6 Å². The molecule has 0 amide bonds. The maximum Gasteiger partial charge on any atom is 0.257 e. The molecule has 1 fully saturated rings. The van der Waals surface area contributed by atoms with Crippen molar-refractivity contribution in [1.29, 1.82) is 5.26 Å². The fraction of sp³-hybridized carbons (Fsp3) is 0.269. The summed E-state index contributed by atoms with van der Waals surface area (Å²) in [6.45, 7) is 2.07. The lowest BCUT2D eigenvalue weighted by Crippen LogP contribution is -2.31. The van der Waals surface area contributed by atoms with E-state index in [-0.39, 0.29) is 5.92 Å². The molecule has 1 aliphatic heterocycles. The molecule has 33 heavy (non-hydrogen) atoms. The molecule has 1 saturated heterocycles. The minimum absolute atomic E-state index is 0.123. The minimum atomic E-state index is -0.123. The van der Waals surface area contributed by atoms with Crippen LogP contribution in [0.3, 0.4) is 0 Å². The molecule has 0 N–H and O–H groups in total. The monoisotopic (exact) mass is 436 g/mol. The number of aromatic nitrogens is 4. The molecule has 1 atom stereocenters. The Kier molecular flexibility index (Phi) is 6.07. The summed E-state index contributed by atoms with van der Waals surface area (Å²) in [6.07, 6.45) is 9.85. The predicted molar refractivity (Wildman–Crippen MR) is 125 cm³/mol. The van der Waals surface area contributed by atoms with E-state index in [1.165, 1.54) is 19.3 Å². The average Bonchev–Trinajstić information content (AvgIpc) is 3.38. The van der Waals surface area contributed by atoms with Crippen LogP contribution in [0.5, 0.6) is 0 Å². The number of nitrogens with zero attached hydrogens (tertiary/aromatic N) is 6. The van der Waals surface area contributed by atoms with Crippen molar-refractivity contribution in [1.82, 2.24) is 20.1 Å². The molecule has 1 aliphatic rings. The van der Waals surface area contributed by atoms with E-state index in [1.807, 2.05) is 42.7 Å². The van der Waals surface area contributed by atoms with E-state index in [4.69, 9.17) is 19.8 Å². The van der Waals surface area contributed by atoms with E-state index in [2.05, 4.69) is 27.2 Å². The van der Waals surface area contributed by atoms with Gasteiger partial charge in [0.25, 0.3) is 5.89 Å². The molecule has 7 nitrogen and oxygen atoms in total. The number of piperidine rings is 1. The molecule has 0 saturated carbocycles. The highest BCUT2D eigenvalue weighted by atomic mass is 16.5. The van der Waals surface area contributed by atoms with E-state index in [0.29, 0.717) is 23.7 Å². The lowest BCUT2D eigenvalue weighted by atomic mass is 9.92. The van der Waals surface area contributed by atoms with Crippen molar-refractivity contribution < 1.29 is 4.52 Å². The second-order valence-electron chi connectivity index (χ2n) is 8.22. The number of pyridine rings is 2. The van der Waals surface area contributed by atoms with E-state index in [0.717, 1.165) is 35.6 Å². The Labute approximate surface area is 192 Å². The topological polar surface area (TPSA) is 91.7 Å². The van der Waals surface area contributed by atoms with Gasteiger partial charge in [0, 0.05) is 37.2 Å². The Morgan fingerprint density at radius 3 is 2.58 bits per heavy atom. The van der Waals surface area contributed by atoms with E-state index in [9.17, 15) is 0 Å². The summed E-state index contributed by atoms with van der Waals surface area (Å²) in [4.78, 5) is 16.2. The van der Waals surface area contributed by atoms with Gasteiger partial charge in [0.15, 0.2) is 5.82 Å². The Balaban J connectivity index is 1.49. The Hall–Kier alpha value is -4.05. The van der Waals surface area contributed by atoms with Crippen molar-refractivity contribution in [3.63, 3.8) is 0 Å². The van der Waals surface area contributed by atoms with Crippen LogP contribution in [-0.4, -0.2) is 33.2 Å². The van der Waals surface area contributed by atoms with Crippen molar-refractivity contribution in [2.75, 3.05) is 18.0 Å². The van der Waals surface area contributed by atoms with Crippen molar-refractivity contribution in [2.24, 2.45) is 0 Å². The third kappa shape index (κ3) is 4.60. The molecule has 7 heteroatoms. The first kappa shape index (κ1) is 20.8. The zero-order valence-electron chi connectivity index (χ0n) is 18.3. The average molecular weight is 437 g/mol. The van der Waals surface area contributed by atoms with Crippen molar-refractivity contribution in [3.05, 3.63) is 89.6 Å². The van der Waals surface area contributed by atoms with Crippen LogP contribution in [0.4, 0.5) is 5.82 Å². The summed E-state index contributed by atoms with van der Waals surface area (Å²) in [6, 6.07) is 17.4. The van der Waals surface area contributed by atoms with Crippen LogP contribution in [0.15, 0.2) is 71.6 Å². The van der Waals surface area contributed by atoms with Crippen LogP contribution in [0.2, 0.25) is 0 Å². The van der Waals surface area contributed by atoms with Gasteiger partial charge in [0.1, 0.15) is 5.82 Å². The van der Waals surface area contributed by atoms with Gasteiger partial charge in [-0.2, -0.15) is 10.2 Å². The third-order valence-corrected chi connectivity index (χ3v) is 6.05. The number of nitriles is 1. The molecule has 164 valence electrons. The van der Waals surface area contributed by atoms with Crippen LogP contribution in [0.25, 0.3) is 11.5 Å². The van der Waals surface area contributed by atoms with E-state index < -0.39 is 0 Å². The first-order chi connectivity index (χ1) is 16.3. The standard InChI is InChI=1S/C26H24N6O/c27-17-19-8-10-20(11-9-19)26-30-24(31-33-26)23(22-7-4-12-28-18-22)16-21-6-5-13-29-25(21)32-14-2-1-3-15-32/h4-13,18,23H,1-3,14-16H2. The summed E-state index contributed by atoms with van der Waals surface area (Å²) < 4.78 is 5.62. The smallest absolute Gasteiger partial charge is 0.257 e. The molecular weight excluding hydrogens is 412 g/mol. The first-order valence-corrected chi connectivity index (χ1v) is 11.2. The molecule has 0 spiro atoms. The van der Waals surface area contributed by atoms with Gasteiger partial charge in [-0.15, -0.1) is 0 Å². The number of hydrogen-bond acceptors (Lipinski definition) is 7. The second kappa shape index (κ2) is 9.61. The molecule has 4 aromatic rings. The van der Waals surface area contributed by atoms with Crippen LogP contribution in [0.1, 0.15) is 47.7 Å². The van der Waals surface area contributed by atoms with Crippen molar-refractivity contribution >= 4 is 5.82 Å². The molecule has 3 aromatic heterocycles. The van der Waals surface area contributed by atoms with Crippen LogP contribution in [0, 0.1) is 11.3 Å². The normalized spacial score (nSPS) is 14.6. The fourth-order valence-electron chi connectivity index (χ4n) is 4.32. The van der Waals surface area contributed by atoms with Gasteiger partial charge in [0.05, 0.1) is 17.6 Å². The van der Waals surface area contributed by atoms with Gasteiger partial charge >= 0.3 is 0 Å². The van der Waals surface area contributed by atoms with Gasteiger partial charge in [-0.1, -0.05) is 17.3 Å². The predicted octanol–water partition coefficient (Wildman–Crippen LogP) is 4.76. The zero-order chi connectivity index (χ0) is 22.5. The molecule has 0 radical (unpaired) electrons. The maximum absolute atomic E-state index is 9.04. The van der Waals surface area contributed by atoms with Crippen LogP contribution < -0.4 is 4.90 Å². The van der Waals surface area contributed by atoms with E-state index in [1.54, 1.807) is 18.3 Å². The van der Waals surface area contributed by atoms with Gasteiger partial charge < -0.3 is 9.42 Å². The molecule has 1 unspecified atom stereocenters. The summed E-state index contributed by atoms with van der Waals surface area (Å²) in [7, 11) is 0. The number of anilines is 1. The number of hydrogen-bond donors (Lipinski definition) is 0. The highest BCUT2D eigenvalue weighted by molar-refractivity contribution is 5.55. The van der Waals surface area contributed by atoms with Crippen LogP contribution in [-0.2, 0) is 6.42 Å². The Morgan fingerprint density at radius 2 is 1.82 bits per heavy atom. The number of rotatable bonds is 6. The summed E-state index contributed by atoms with van der Waals surface area (Å²) in [5, 5.41) is 13.4. The lowest BCUT2D eigenvalue weighted by Gasteiger charge is -2.30. The van der Waals surface area contributed by atoms with Crippen molar-refractivity contribution in [3.8, 4) is 17.5 Å². The first-order valence-electron chi connectivity index (χ1n) is 11.2. The third-order valence-electron chi connectivity index (χ3n) is 6.05.